The summed E-state index contributed by atoms with van der Waals surface area (Å²) in [6.07, 6.45) is 3.61. The molecule has 1 aromatic carbocycles. The summed E-state index contributed by atoms with van der Waals surface area (Å²) in [4.78, 5) is 28.0. The van der Waals surface area contributed by atoms with Crippen molar-refractivity contribution in [3.63, 3.8) is 0 Å². The minimum atomic E-state index is -0.342. The van der Waals surface area contributed by atoms with Crippen molar-refractivity contribution in [3.8, 4) is 0 Å². The molecule has 0 aliphatic rings. The lowest BCUT2D eigenvalue weighted by atomic mass is 10.2. The Hall–Kier alpha value is -3.00. The van der Waals surface area contributed by atoms with Gasteiger partial charge in [-0.3, -0.25) is 9.59 Å². The minimum Gasteiger partial charge on any atom is -0.455 e. The highest BCUT2D eigenvalue weighted by molar-refractivity contribution is 7.98. The van der Waals surface area contributed by atoms with Crippen molar-refractivity contribution in [2.24, 2.45) is 7.05 Å². The fourth-order valence-electron chi connectivity index (χ4n) is 2.25. The van der Waals surface area contributed by atoms with E-state index in [1.54, 1.807) is 49.6 Å². The number of aryl methyl sites for hydroxylation is 1. The van der Waals surface area contributed by atoms with E-state index in [1.165, 1.54) is 11.8 Å². The Labute approximate surface area is 154 Å². The van der Waals surface area contributed by atoms with Crippen LogP contribution in [0, 0.1) is 0 Å². The number of nitrogens with one attached hydrogen (secondary N) is 2. The van der Waals surface area contributed by atoms with Crippen LogP contribution in [0.5, 0.6) is 0 Å². The van der Waals surface area contributed by atoms with Crippen LogP contribution in [0.4, 0.5) is 5.69 Å². The maximum absolute atomic E-state index is 12.3. The van der Waals surface area contributed by atoms with E-state index in [2.05, 4.69) is 15.6 Å². The number of thioether (sulfide) groups is 1. The standard InChI is InChI=1S/C18H18N4O3S/c1-19-16(23)12-3-5-13(6-4-12)21-17(24)15-8-7-14(25-15)11-26-18-20-9-10-22(18)2/h3-10H,11H2,1-2H3,(H,19,23)(H,21,24). The number of amides is 2. The van der Waals surface area contributed by atoms with E-state index in [9.17, 15) is 9.59 Å². The molecule has 0 radical (unpaired) electrons. The first-order valence-corrected chi connectivity index (χ1v) is 8.87. The molecule has 0 unspecified atom stereocenters. The third-order valence-corrected chi connectivity index (χ3v) is 4.72. The zero-order valence-corrected chi connectivity index (χ0v) is 15.2. The van der Waals surface area contributed by atoms with Gasteiger partial charge in [-0.05, 0) is 36.4 Å². The number of hydrogen-bond acceptors (Lipinski definition) is 5. The predicted octanol–water partition coefficient (Wildman–Crippen LogP) is 2.92. The molecule has 26 heavy (non-hydrogen) atoms. The lowest BCUT2D eigenvalue weighted by molar-refractivity contribution is 0.0962. The quantitative estimate of drug-likeness (QED) is 0.651. The first kappa shape index (κ1) is 17.8. The Morgan fingerprint density at radius 3 is 2.58 bits per heavy atom. The van der Waals surface area contributed by atoms with Gasteiger partial charge in [0.1, 0.15) is 5.76 Å². The summed E-state index contributed by atoms with van der Waals surface area (Å²) in [5, 5.41) is 6.17. The molecule has 134 valence electrons. The summed E-state index contributed by atoms with van der Waals surface area (Å²) in [5.41, 5.74) is 1.11. The zero-order valence-electron chi connectivity index (χ0n) is 14.4. The highest BCUT2D eigenvalue weighted by Gasteiger charge is 2.13. The zero-order chi connectivity index (χ0) is 18.5. The Kier molecular flexibility index (Phi) is 5.43. The van der Waals surface area contributed by atoms with Crippen LogP contribution >= 0.6 is 11.8 Å². The van der Waals surface area contributed by atoms with Crippen LogP contribution in [0.3, 0.4) is 0 Å². The molecule has 2 N–H and O–H groups in total. The summed E-state index contributed by atoms with van der Waals surface area (Å²) in [6, 6.07) is 10.0. The van der Waals surface area contributed by atoms with Gasteiger partial charge in [0.05, 0.1) is 5.75 Å². The normalized spacial score (nSPS) is 10.5. The molecule has 0 bridgehead atoms. The molecule has 7 nitrogen and oxygen atoms in total. The van der Waals surface area contributed by atoms with E-state index in [-0.39, 0.29) is 17.6 Å². The minimum absolute atomic E-state index is 0.177. The fourth-order valence-corrected chi connectivity index (χ4v) is 3.07. The highest BCUT2D eigenvalue weighted by Crippen LogP contribution is 2.22. The van der Waals surface area contributed by atoms with Gasteiger partial charge < -0.3 is 19.6 Å². The SMILES string of the molecule is CNC(=O)c1ccc(NC(=O)c2ccc(CSc3nccn3C)o2)cc1. The first-order chi connectivity index (χ1) is 12.6. The molecule has 0 fully saturated rings. The van der Waals surface area contributed by atoms with Crippen molar-refractivity contribution >= 4 is 29.3 Å². The van der Waals surface area contributed by atoms with Crippen molar-refractivity contribution in [1.82, 2.24) is 14.9 Å². The lowest BCUT2D eigenvalue weighted by Gasteiger charge is -2.05. The van der Waals surface area contributed by atoms with Gasteiger partial charge in [-0.2, -0.15) is 0 Å². The second kappa shape index (κ2) is 7.92. The predicted molar refractivity (Wildman–Crippen MR) is 99.3 cm³/mol. The molecule has 3 aromatic rings. The van der Waals surface area contributed by atoms with Gasteiger partial charge in [-0.1, -0.05) is 11.8 Å². The molecule has 2 heterocycles. The summed E-state index contributed by atoms with van der Waals surface area (Å²) >= 11 is 1.53. The van der Waals surface area contributed by atoms with Crippen molar-refractivity contribution < 1.29 is 14.0 Å². The van der Waals surface area contributed by atoms with Crippen LogP contribution in [0.15, 0.2) is 58.4 Å². The Morgan fingerprint density at radius 1 is 1.15 bits per heavy atom. The van der Waals surface area contributed by atoms with E-state index in [0.717, 1.165) is 5.16 Å². The number of nitrogens with zero attached hydrogens (tertiary/aromatic N) is 2. The second-order valence-corrected chi connectivity index (χ2v) is 6.43. The third-order valence-electron chi connectivity index (χ3n) is 3.64. The summed E-state index contributed by atoms with van der Waals surface area (Å²) in [7, 11) is 3.49. The van der Waals surface area contributed by atoms with Gasteiger partial charge in [-0.15, -0.1) is 0 Å². The van der Waals surface area contributed by atoms with E-state index in [1.807, 2.05) is 17.8 Å². The van der Waals surface area contributed by atoms with Crippen molar-refractivity contribution in [3.05, 3.63) is 65.9 Å². The van der Waals surface area contributed by atoms with E-state index in [0.29, 0.717) is 22.8 Å². The number of hydrogen-bond donors (Lipinski definition) is 2. The maximum Gasteiger partial charge on any atom is 0.291 e. The molecular weight excluding hydrogens is 352 g/mol. The second-order valence-electron chi connectivity index (χ2n) is 5.49. The Morgan fingerprint density at radius 2 is 1.92 bits per heavy atom. The Balaban J connectivity index is 1.59. The number of carbonyl (C=O) groups excluding carboxylic acids is 2. The average molecular weight is 370 g/mol. The third kappa shape index (κ3) is 4.15. The van der Waals surface area contributed by atoms with Gasteiger partial charge in [0.15, 0.2) is 10.9 Å². The number of benzene rings is 1. The van der Waals surface area contributed by atoms with Crippen LogP contribution in [-0.4, -0.2) is 28.4 Å². The van der Waals surface area contributed by atoms with E-state index in [4.69, 9.17) is 4.42 Å². The van der Waals surface area contributed by atoms with Crippen LogP contribution in [0.1, 0.15) is 26.7 Å². The summed E-state index contributed by atoms with van der Waals surface area (Å²) in [6.45, 7) is 0. The highest BCUT2D eigenvalue weighted by atomic mass is 32.2. The van der Waals surface area contributed by atoms with Crippen LogP contribution in [0.25, 0.3) is 0 Å². The van der Waals surface area contributed by atoms with Gasteiger partial charge in [0.25, 0.3) is 11.8 Å². The summed E-state index contributed by atoms with van der Waals surface area (Å²) in [5.74, 6) is 0.988. The van der Waals surface area contributed by atoms with Crippen molar-refractivity contribution in [2.45, 2.75) is 10.9 Å². The molecule has 0 atom stereocenters. The van der Waals surface area contributed by atoms with Crippen LogP contribution < -0.4 is 10.6 Å². The van der Waals surface area contributed by atoms with Crippen molar-refractivity contribution in [1.29, 1.82) is 0 Å². The van der Waals surface area contributed by atoms with Gasteiger partial charge in [-0.25, -0.2) is 4.98 Å². The molecule has 3 rings (SSSR count). The average Bonchev–Trinajstić information content (AvgIpc) is 3.29. The van der Waals surface area contributed by atoms with E-state index >= 15 is 0 Å². The maximum atomic E-state index is 12.3. The molecule has 0 spiro atoms. The fraction of sp³-hybridized carbons (Fsp3) is 0.167. The lowest BCUT2D eigenvalue weighted by Crippen LogP contribution is -2.17. The molecule has 0 aliphatic carbocycles. The number of aromatic nitrogens is 2. The first-order valence-electron chi connectivity index (χ1n) is 7.89. The van der Waals surface area contributed by atoms with Gasteiger partial charge >= 0.3 is 0 Å². The summed E-state index contributed by atoms with van der Waals surface area (Å²) < 4.78 is 7.52. The largest absolute Gasteiger partial charge is 0.455 e. The molecule has 0 saturated heterocycles. The molecule has 0 saturated carbocycles. The monoisotopic (exact) mass is 370 g/mol. The smallest absolute Gasteiger partial charge is 0.291 e. The molecule has 8 heteroatoms. The van der Waals surface area contributed by atoms with Crippen LogP contribution in [0.2, 0.25) is 0 Å². The molecule has 0 aliphatic heterocycles. The topological polar surface area (TPSA) is 89.2 Å². The van der Waals surface area contributed by atoms with Gasteiger partial charge in [0.2, 0.25) is 0 Å². The van der Waals surface area contributed by atoms with Gasteiger partial charge in [0, 0.05) is 37.7 Å². The number of rotatable bonds is 6. The number of anilines is 1. The molecule has 2 amide bonds. The number of imidazole rings is 1. The number of carbonyl (C=O) groups is 2. The van der Waals surface area contributed by atoms with E-state index < -0.39 is 0 Å². The molecule has 2 aromatic heterocycles. The van der Waals surface area contributed by atoms with Crippen LogP contribution in [-0.2, 0) is 12.8 Å². The number of furan rings is 1. The molecular formula is C18H18N4O3S. The van der Waals surface area contributed by atoms with Crippen molar-refractivity contribution in [2.75, 3.05) is 12.4 Å². The Bertz CT molecular complexity index is 915.